The number of aliphatic imine (C=N–C) groups is 1. The maximum atomic E-state index is 12.5. The predicted octanol–water partition coefficient (Wildman–Crippen LogP) is 2.40. The minimum atomic E-state index is -4.14. The minimum absolute atomic E-state index is 0.159. The smallest absolute Gasteiger partial charge is 0.401 e. The molecule has 1 fully saturated rings. The second kappa shape index (κ2) is 9.36. The van der Waals surface area contributed by atoms with Crippen LogP contribution in [0.3, 0.4) is 0 Å². The van der Waals surface area contributed by atoms with E-state index in [9.17, 15) is 13.2 Å². The van der Waals surface area contributed by atoms with E-state index in [0.29, 0.717) is 32.1 Å². The predicted molar refractivity (Wildman–Crippen MR) is 101 cm³/mol. The Morgan fingerprint density at radius 1 is 1.25 bits per heavy atom. The van der Waals surface area contributed by atoms with Gasteiger partial charge in [-0.05, 0) is 49.9 Å². The number of benzene rings is 1. The molecule has 0 amide bonds. The van der Waals surface area contributed by atoms with Crippen molar-refractivity contribution in [1.82, 2.24) is 15.5 Å². The second-order valence-electron chi connectivity index (χ2n) is 7.09. The van der Waals surface area contributed by atoms with Crippen LogP contribution in [0.4, 0.5) is 13.2 Å². The number of hydrogen-bond donors (Lipinski definition) is 2. The highest BCUT2D eigenvalue weighted by atomic mass is 19.4. The van der Waals surface area contributed by atoms with Gasteiger partial charge in [-0.3, -0.25) is 9.89 Å². The molecule has 1 unspecified atom stereocenters. The van der Waals surface area contributed by atoms with Crippen LogP contribution in [-0.2, 0) is 6.42 Å². The molecule has 0 spiro atoms. The highest BCUT2D eigenvalue weighted by molar-refractivity contribution is 5.79. The molecule has 3 rings (SSSR count). The Morgan fingerprint density at radius 3 is 2.86 bits per heavy atom. The highest BCUT2D eigenvalue weighted by Crippen LogP contribution is 2.32. The number of nitrogens with zero attached hydrogens (tertiary/aromatic N) is 2. The minimum Gasteiger partial charge on any atom is -0.454 e. The molecule has 0 radical (unpaired) electrons. The maximum absolute atomic E-state index is 12.5. The molecule has 1 aromatic rings. The lowest BCUT2D eigenvalue weighted by molar-refractivity contribution is -0.143. The third kappa shape index (κ3) is 6.19. The van der Waals surface area contributed by atoms with Crippen LogP contribution in [0.5, 0.6) is 11.5 Å². The lowest BCUT2D eigenvalue weighted by atomic mass is 10.1. The van der Waals surface area contributed by atoms with Gasteiger partial charge in [-0.1, -0.05) is 6.07 Å². The molecule has 2 aliphatic heterocycles. The van der Waals surface area contributed by atoms with Crippen molar-refractivity contribution in [1.29, 1.82) is 0 Å². The number of rotatable bonds is 7. The van der Waals surface area contributed by atoms with E-state index in [4.69, 9.17) is 9.47 Å². The van der Waals surface area contributed by atoms with E-state index in [1.54, 1.807) is 0 Å². The summed E-state index contributed by atoms with van der Waals surface area (Å²) < 4.78 is 48.2. The molecule has 1 saturated heterocycles. The third-order valence-electron chi connectivity index (χ3n) is 4.77. The summed E-state index contributed by atoms with van der Waals surface area (Å²) in [6.07, 6.45) is -2.59. The van der Waals surface area contributed by atoms with Gasteiger partial charge in [0.15, 0.2) is 17.5 Å². The Morgan fingerprint density at radius 2 is 2.07 bits per heavy atom. The van der Waals surface area contributed by atoms with Crippen molar-refractivity contribution in [2.24, 2.45) is 10.9 Å². The number of fused-ring (bicyclic) bond motifs is 1. The van der Waals surface area contributed by atoms with Gasteiger partial charge >= 0.3 is 6.18 Å². The topological polar surface area (TPSA) is 58.1 Å². The number of nitrogens with one attached hydrogen (secondary N) is 2. The third-order valence-corrected chi connectivity index (χ3v) is 4.77. The normalized spacial score (nSPS) is 19.9. The Hall–Kier alpha value is -2.16. The van der Waals surface area contributed by atoms with Gasteiger partial charge in [0, 0.05) is 26.2 Å². The fraction of sp³-hybridized carbons (Fsp3) is 0.632. The first-order valence-electron chi connectivity index (χ1n) is 9.63. The molecule has 2 heterocycles. The van der Waals surface area contributed by atoms with Gasteiger partial charge < -0.3 is 20.1 Å². The SMILES string of the molecule is CCNC(=NCC1CCN(CC(F)(F)F)C1)NCCc1ccc2c(c1)OCO2. The molecule has 1 atom stereocenters. The molecule has 6 nitrogen and oxygen atoms in total. The van der Waals surface area contributed by atoms with Gasteiger partial charge in [0.1, 0.15) is 0 Å². The molecule has 156 valence electrons. The fourth-order valence-corrected chi connectivity index (χ4v) is 3.44. The summed E-state index contributed by atoms with van der Waals surface area (Å²) in [6, 6.07) is 5.89. The van der Waals surface area contributed by atoms with Crippen molar-refractivity contribution < 1.29 is 22.6 Å². The lowest BCUT2D eigenvalue weighted by Gasteiger charge is -2.17. The summed E-state index contributed by atoms with van der Waals surface area (Å²) in [5.41, 5.74) is 1.13. The second-order valence-corrected chi connectivity index (χ2v) is 7.09. The van der Waals surface area contributed by atoms with Gasteiger partial charge in [0.2, 0.25) is 6.79 Å². The zero-order chi connectivity index (χ0) is 20.0. The summed E-state index contributed by atoms with van der Waals surface area (Å²) in [6.45, 7) is 4.27. The monoisotopic (exact) mass is 400 g/mol. The van der Waals surface area contributed by atoms with Crippen molar-refractivity contribution in [3.05, 3.63) is 23.8 Å². The Kier molecular flexibility index (Phi) is 6.88. The zero-order valence-electron chi connectivity index (χ0n) is 16.0. The Balaban J connectivity index is 1.44. The van der Waals surface area contributed by atoms with Crippen LogP contribution in [0.25, 0.3) is 0 Å². The first-order chi connectivity index (χ1) is 13.4. The van der Waals surface area contributed by atoms with E-state index in [0.717, 1.165) is 36.4 Å². The van der Waals surface area contributed by atoms with Crippen LogP contribution in [0, 0.1) is 5.92 Å². The number of halogens is 3. The van der Waals surface area contributed by atoms with E-state index in [2.05, 4.69) is 15.6 Å². The van der Waals surface area contributed by atoms with E-state index in [1.807, 2.05) is 25.1 Å². The number of ether oxygens (including phenoxy) is 2. The summed E-state index contributed by atoms with van der Waals surface area (Å²) in [5, 5.41) is 6.47. The first-order valence-corrected chi connectivity index (χ1v) is 9.63. The van der Waals surface area contributed by atoms with Crippen molar-refractivity contribution in [2.75, 3.05) is 46.1 Å². The standard InChI is InChI=1S/C19H27F3N4O2/c1-2-23-18(25-10-15-6-8-26(11-15)12-19(20,21)22)24-7-5-14-3-4-16-17(9-14)28-13-27-16/h3-4,9,15H,2,5-8,10-13H2,1H3,(H2,23,24,25). The molecule has 0 bridgehead atoms. The molecular weight excluding hydrogens is 373 g/mol. The van der Waals surface area contributed by atoms with Gasteiger partial charge in [0.25, 0.3) is 0 Å². The van der Waals surface area contributed by atoms with E-state index in [-0.39, 0.29) is 12.7 Å². The van der Waals surface area contributed by atoms with Crippen LogP contribution in [0.2, 0.25) is 0 Å². The van der Waals surface area contributed by atoms with Crippen molar-refractivity contribution in [3.63, 3.8) is 0 Å². The quantitative estimate of drug-likeness (QED) is 0.544. The summed E-state index contributed by atoms with van der Waals surface area (Å²) in [4.78, 5) is 6.02. The molecule has 2 N–H and O–H groups in total. The van der Waals surface area contributed by atoms with Crippen molar-refractivity contribution in [2.45, 2.75) is 25.9 Å². The fourth-order valence-electron chi connectivity index (χ4n) is 3.44. The zero-order valence-corrected chi connectivity index (χ0v) is 16.0. The number of likely N-dealkylation sites (tertiary alicyclic amines) is 1. The largest absolute Gasteiger partial charge is 0.454 e. The lowest BCUT2D eigenvalue weighted by Crippen LogP contribution is -2.38. The van der Waals surface area contributed by atoms with E-state index >= 15 is 0 Å². The van der Waals surface area contributed by atoms with Gasteiger partial charge in [-0.15, -0.1) is 0 Å². The van der Waals surface area contributed by atoms with E-state index < -0.39 is 12.7 Å². The Labute approximate surface area is 163 Å². The average molecular weight is 400 g/mol. The number of hydrogen-bond acceptors (Lipinski definition) is 4. The van der Waals surface area contributed by atoms with Crippen LogP contribution < -0.4 is 20.1 Å². The maximum Gasteiger partial charge on any atom is 0.401 e. The highest BCUT2D eigenvalue weighted by Gasteiger charge is 2.34. The summed E-state index contributed by atoms with van der Waals surface area (Å²) >= 11 is 0. The summed E-state index contributed by atoms with van der Waals surface area (Å²) in [5.74, 6) is 2.38. The van der Waals surface area contributed by atoms with Crippen molar-refractivity contribution in [3.8, 4) is 11.5 Å². The molecular formula is C19H27F3N4O2. The molecule has 0 saturated carbocycles. The van der Waals surface area contributed by atoms with Crippen LogP contribution in [-0.4, -0.2) is 63.1 Å². The average Bonchev–Trinajstić information content (AvgIpc) is 3.27. The van der Waals surface area contributed by atoms with E-state index in [1.165, 1.54) is 4.90 Å². The van der Waals surface area contributed by atoms with Crippen molar-refractivity contribution >= 4 is 5.96 Å². The number of alkyl halides is 3. The number of guanidine groups is 1. The first kappa shape index (κ1) is 20.6. The van der Waals surface area contributed by atoms with Gasteiger partial charge in [-0.25, -0.2) is 0 Å². The van der Waals surface area contributed by atoms with Crippen LogP contribution >= 0.6 is 0 Å². The summed E-state index contributed by atoms with van der Waals surface area (Å²) in [7, 11) is 0. The van der Waals surface area contributed by atoms with Crippen LogP contribution in [0.1, 0.15) is 18.9 Å². The van der Waals surface area contributed by atoms with Gasteiger partial charge in [0.05, 0.1) is 6.54 Å². The molecule has 0 aliphatic carbocycles. The molecule has 0 aromatic heterocycles. The molecule has 9 heteroatoms. The molecule has 28 heavy (non-hydrogen) atoms. The Bertz CT molecular complexity index is 682. The van der Waals surface area contributed by atoms with Crippen LogP contribution in [0.15, 0.2) is 23.2 Å². The van der Waals surface area contributed by atoms with Gasteiger partial charge in [-0.2, -0.15) is 13.2 Å². The molecule has 2 aliphatic rings. The molecule has 1 aromatic carbocycles.